The topological polar surface area (TPSA) is 106 Å². The summed E-state index contributed by atoms with van der Waals surface area (Å²) >= 11 is 0. The summed E-state index contributed by atoms with van der Waals surface area (Å²) in [5, 5.41) is 13.1. The Balaban J connectivity index is 1.56. The summed E-state index contributed by atoms with van der Waals surface area (Å²) in [7, 11) is -3.61. The summed E-state index contributed by atoms with van der Waals surface area (Å²) in [6, 6.07) is 15.7. The van der Waals surface area contributed by atoms with Crippen molar-refractivity contribution in [2.45, 2.75) is 24.2 Å². The third kappa shape index (κ3) is 4.38. The number of fused-ring (bicyclic) bond motifs is 1. The molecule has 31 heavy (non-hydrogen) atoms. The third-order valence-corrected chi connectivity index (χ3v) is 7.23. The lowest BCUT2D eigenvalue weighted by Crippen LogP contribution is -2.35. The van der Waals surface area contributed by atoms with Gasteiger partial charge in [-0.1, -0.05) is 30.7 Å². The van der Waals surface area contributed by atoms with E-state index >= 15 is 0 Å². The number of piperidine rings is 1. The molecule has 158 valence electrons. The summed E-state index contributed by atoms with van der Waals surface area (Å²) in [5.41, 5.74) is 1.88. The quantitative estimate of drug-likeness (QED) is 0.469. The van der Waals surface area contributed by atoms with Crippen LogP contribution in [0.3, 0.4) is 0 Å². The number of aromatic amines is 1. The molecule has 0 unspecified atom stereocenters. The Hall–Kier alpha value is -3.41. The number of rotatable bonds is 5. The number of sulfonamides is 1. The van der Waals surface area contributed by atoms with Crippen LogP contribution in [0.25, 0.3) is 17.0 Å². The van der Waals surface area contributed by atoms with E-state index in [0.29, 0.717) is 18.8 Å². The van der Waals surface area contributed by atoms with Crippen LogP contribution in [0.15, 0.2) is 65.2 Å². The monoisotopic (exact) mass is 434 g/mol. The van der Waals surface area contributed by atoms with Crippen LogP contribution in [0.1, 0.15) is 24.8 Å². The van der Waals surface area contributed by atoms with E-state index in [0.717, 1.165) is 35.7 Å². The molecule has 0 aliphatic carbocycles. The molecule has 0 atom stereocenters. The number of benzene rings is 2. The highest BCUT2D eigenvalue weighted by atomic mass is 32.2. The standard InChI is InChI=1S/C23H22N4O3S/c24-15-17(13-18-16-25-22-10-3-2-9-21(18)22)23(28)26-19-7-6-8-20(14-19)31(29,30)27-11-4-1-5-12-27/h2-3,6-10,13-14,16,25H,1,4-5,11-12H2,(H,26,28)/b17-13+. The van der Waals surface area contributed by atoms with Crippen LogP contribution in [0.2, 0.25) is 0 Å². The maximum absolute atomic E-state index is 12.9. The van der Waals surface area contributed by atoms with Crippen LogP contribution in [-0.2, 0) is 14.8 Å². The van der Waals surface area contributed by atoms with Crippen LogP contribution in [0, 0.1) is 11.3 Å². The van der Waals surface area contributed by atoms with E-state index in [-0.39, 0.29) is 10.5 Å². The first-order valence-electron chi connectivity index (χ1n) is 10.1. The van der Waals surface area contributed by atoms with E-state index in [4.69, 9.17) is 0 Å². The summed E-state index contributed by atoms with van der Waals surface area (Å²) in [5.74, 6) is -0.597. The first-order chi connectivity index (χ1) is 15.0. The van der Waals surface area contributed by atoms with Gasteiger partial charge in [-0.25, -0.2) is 8.42 Å². The lowest BCUT2D eigenvalue weighted by molar-refractivity contribution is -0.112. The first-order valence-corrected chi connectivity index (χ1v) is 11.5. The number of carbonyl (C=O) groups excluding carboxylic acids is 1. The molecular weight excluding hydrogens is 412 g/mol. The van der Waals surface area contributed by atoms with E-state index < -0.39 is 15.9 Å². The summed E-state index contributed by atoms with van der Waals surface area (Å²) in [6.45, 7) is 1.01. The Kier molecular flexibility index (Phi) is 5.89. The second-order valence-corrected chi connectivity index (χ2v) is 9.34. The smallest absolute Gasteiger partial charge is 0.266 e. The van der Waals surface area contributed by atoms with E-state index in [1.54, 1.807) is 18.3 Å². The molecule has 0 radical (unpaired) electrons. The second-order valence-electron chi connectivity index (χ2n) is 7.41. The normalized spacial score (nSPS) is 15.5. The maximum atomic E-state index is 12.9. The lowest BCUT2D eigenvalue weighted by Gasteiger charge is -2.26. The number of hydrogen-bond acceptors (Lipinski definition) is 4. The van der Waals surface area contributed by atoms with E-state index in [1.165, 1.54) is 22.5 Å². The Morgan fingerprint density at radius 3 is 2.65 bits per heavy atom. The van der Waals surface area contributed by atoms with Crippen LogP contribution in [0.4, 0.5) is 5.69 Å². The molecule has 2 aromatic carbocycles. The third-order valence-electron chi connectivity index (χ3n) is 5.33. The van der Waals surface area contributed by atoms with Crippen LogP contribution < -0.4 is 5.32 Å². The molecule has 1 fully saturated rings. The molecule has 4 rings (SSSR count). The van der Waals surface area contributed by atoms with Gasteiger partial charge in [-0.3, -0.25) is 4.79 Å². The average Bonchev–Trinajstić information content (AvgIpc) is 3.21. The van der Waals surface area contributed by atoms with Gasteiger partial charge in [0.15, 0.2) is 0 Å². The Bertz CT molecular complexity index is 1300. The molecule has 1 aliphatic rings. The number of nitriles is 1. The second kappa shape index (κ2) is 8.76. The summed E-state index contributed by atoms with van der Waals surface area (Å²) in [6.07, 6.45) is 5.98. The Labute approximate surface area is 181 Å². The van der Waals surface area contributed by atoms with Crippen molar-refractivity contribution in [2.24, 2.45) is 0 Å². The number of hydrogen-bond donors (Lipinski definition) is 2. The molecule has 1 amide bonds. The van der Waals surface area contributed by atoms with Crippen molar-refractivity contribution >= 4 is 38.6 Å². The molecule has 0 spiro atoms. The highest BCUT2D eigenvalue weighted by Crippen LogP contribution is 2.24. The SMILES string of the molecule is N#C/C(=C\c1c[nH]c2ccccc12)C(=O)Nc1cccc(S(=O)(=O)N2CCCCC2)c1. The van der Waals surface area contributed by atoms with Gasteiger partial charge in [-0.15, -0.1) is 0 Å². The molecule has 1 aromatic heterocycles. The number of anilines is 1. The molecular formula is C23H22N4O3S. The van der Waals surface area contributed by atoms with Crippen LogP contribution in [0.5, 0.6) is 0 Å². The Morgan fingerprint density at radius 2 is 1.87 bits per heavy atom. The molecule has 1 saturated heterocycles. The van der Waals surface area contributed by atoms with Gasteiger partial charge in [0.25, 0.3) is 5.91 Å². The van der Waals surface area contributed by atoms with Gasteiger partial charge in [-0.05, 0) is 43.2 Å². The zero-order valence-corrected chi connectivity index (χ0v) is 17.7. The number of para-hydroxylation sites is 1. The van der Waals surface area contributed by atoms with Crippen molar-refractivity contribution in [3.8, 4) is 6.07 Å². The lowest BCUT2D eigenvalue weighted by atomic mass is 10.1. The minimum Gasteiger partial charge on any atom is -0.361 e. The Morgan fingerprint density at radius 1 is 1.10 bits per heavy atom. The predicted molar refractivity (Wildman–Crippen MR) is 120 cm³/mol. The van der Waals surface area contributed by atoms with Crippen LogP contribution in [-0.4, -0.2) is 36.7 Å². The zero-order valence-electron chi connectivity index (χ0n) is 16.8. The van der Waals surface area contributed by atoms with Gasteiger partial charge < -0.3 is 10.3 Å². The van der Waals surface area contributed by atoms with Gasteiger partial charge in [0.2, 0.25) is 10.0 Å². The van der Waals surface area contributed by atoms with Crippen LogP contribution >= 0.6 is 0 Å². The summed E-state index contributed by atoms with van der Waals surface area (Å²) in [4.78, 5) is 15.9. The van der Waals surface area contributed by atoms with Crippen molar-refractivity contribution < 1.29 is 13.2 Å². The minimum absolute atomic E-state index is 0.0750. The number of nitrogens with zero attached hydrogens (tertiary/aromatic N) is 2. The first kappa shape index (κ1) is 20.8. The number of nitrogens with one attached hydrogen (secondary N) is 2. The zero-order chi connectivity index (χ0) is 21.8. The highest BCUT2D eigenvalue weighted by Gasteiger charge is 2.26. The predicted octanol–water partition coefficient (Wildman–Crippen LogP) is 3.89. The van der Waals surface area contributed by atoms with Gasteiger partial charge >= 0.3 is 0 Å². The van der Waals surface area contributed by atoms with Gasteiger partial charge in [0.1, 0.15) is 11.6 Å². The fourth-order valence-electron chi connectivity index (χ4n) is 3.70. The molecule has 7 nitrogen and oxygen atoms in total. The number of aromatic nitrogens is 1. The van der Waals surface area contributed by atoms with E-state index in [2.05, 4.69) is 10.3 Å². The van der Waals surface area contributed by atoms with Crippen molar-refractivity contribution in [1.82, 2.24) is 9.29 Å². The average molecular weight is 435 g/mol. The summed E-state index contributed by atoms with van der Waals surface area (Å²) < 4.78 is 27.3. The fraction of sp³-hybridized carbons (Fsp3) is 0.217. The van der Waals surface area contributed by atoms with Gasteiger partial charge in [0, 0.05) is 41.4 Å². The van der Waals surface area contributed by atoms with Gasteiger partial charge in [-0.2, -0.15) is 9.57 Å². The van der Waals surface area contributed by atoms with E-state index in [9.17, 15) is 18.5 Å². The van der Waals surface area contributed by atoms with Crippen molar-refractivity contribution in [1.29, 1.82) is 5.26 Å². The number of H-pyrrole nitrogens is 1. The largest absolute Gasteiger partial charge is 0.361 e. The maximum Gasteiger partial charge on any atom is 0.266 e. The molecule has 1 aliphatic heterocycles. The molecule has 2 heterocycles. The molecule has 0 saturated carbocycles. The number of carbonyl (C=O) groups is 1. The minimum atomic E-state index is -3.61. The van der Waals surface area contributed by atoms with Crippen molar-refractivity contribution in [3.05, 3.63) is 65.9 Å². The van der Waals surface area contributed by atoms with E-state index in [1.807, 2.05) is 30.3 Å². The number of amides is 1. The molecule has 8 heteroatoms. The highest BCUT2D eigenvalue weighted by molar-refractivity contribution is 7.89. The molecule has 0 bridgehead atoms. The van der Waals surface area contributed by atoms with Crippen molar-refractivity contribution in [3.63, 3.8) is 0 Å². The molecule has 3 aromatic rings. The van der Waals surface area contributed by atoms with Gasteiger partial charge in [0.05, 0.1) is 4.90 Å². The molecule has 2 N–H and O–H groups in total. The van der Waals surface area contributed by atoms with Crippen molar-refractivity contribution in [2.75, 3.05) is 18.4 Å². The fourth-order valence-corrected chi connectivity index (χ4v) is 5.27.